The van der Waals surface area contributed by atoms with Gasteiger partial charge in [-0.1, -0.05) is 18.2 Å². The van der Waals surface area contributed by atoms with E-state index < -0.39 is 0 Å². The van der Waals surface area contributed by atoms with Crippen LogP contribution in [0.4, 0.5) is 0 Å². The van der Waals surface area contributed by atoms with E-state index >= 15 is 0 Å². The van der Waals surface area contributed by atoms with Gasteiger partial charge in [-0.25, -0.2) is 0 Å². The van der Waals surface area contributed by atoms with E-state index in [2.05, 4.69) is 4.98 Å². The van der Waals surface area contributed by atoms with Crippen molar-refractivity contribution in [3.8, 4) is 0 Å². The minimum atomic E-state index is -0.152. The molecule has 1 heterocycles. The molecule has 0 aliphatic heterocycles. The molecule has 138 valence electrons. The van der Waals surface area contributed by atoms with Crippen LogP contribution in [0.5, 0.6) is 0 Å². The first-order valence-electron chi connectivity index (χ1n) is 8.45. The molecule has 0 aliphatic carbocycles. The lowest BCUT2D eigenvalue weighted by Crippen LogP contribution is -2.03. The van der Waals surface area contributed by atoms with E-state index in [9.17, 15) is 19.2 Å². The molecule has 27 heavy (non-hydrogen) atoms. The van der Waals surface area contributed by atoms with Crippen molar-refractivity contribution in [3.63, 3.8) is 0 Å². The van der Waals surface area contributed by atoms with Crippen molar-refractivity contribution in [1.82, 2.24) is 4.98 Å². The second-order valence-electron chi connectivity index (χ2n) is 6.27. The Balaban J connectivity index is 0.000000198. The van der Waals surface area contributed by atoms with E-state index in [1.165, 1.54) is 39.0 Å². The highest BCUT2D eigenvalue weighted by molar-refractivity contribution is 6.06. The first-order chi connectivity index (χ1) is 12.7. The second-order valence-corrected chi connectivity index (χ2v) is 6.27. The molecule has 0 atom stereocenters. The molecule has 0 bridgehead atoms. The Hall–Kier alpha value is -3.34. The molecule has 0 unspecified atom stereocenters. The molecule has 5 nitrogen and oxygen atoms in total. The second kappa shape index (κ2) is 8.36. The number of aromatic amines is 1. The minimum absolute atomic E-state index is 0.104. The van der Waals surface area contributed by atoms with Gasteiger partial charge in [-0.05, 0) is 52.0 Å². The lowest BCUT2D eigenvalue weighted by molar-refractivity contribution is 0.100. The zero-order valence-electron chi connectivity index (χ0n) is 15.8. The zero-order chi connectivity index (χ0) is 20.1. The number of fused-ring (bicyclic) bond motifs is 1. The third kappa shape index (κ3) is 4.85. The van der Waals surface area contributed by atoms with Crippen molar-refractivity contribution < 1.29 is 19.2 Å². The fourth-order valence-electron chi connectivity index (χ4n) is 2.60. The summed E-state index contributed by atoms with van der Waals surface area (Å²) in [5.74, 6) is -0.353. The Kier molecular flexibility index (Phi) is 6.19. The fraction of sp³-hybridized carbons (Fsp3) is 0.182. The van der Waals surface area contributed by atoms with Crippen LogP contribution in [0.2, 0.25) is 0 Å². The molecule has 0 aliphatic rings. The largest absolute Gasteiger partial charge is 0.360 e. The first-order valence-corrected chi connectivity index (χ1v) is 8.45. The van der Waals surface area contributed by atoms with Crippen LogP contribution in [0.25, 0.3) is 10.9 Å². The van der Waals surface area contributed by atoms with Crippen molar-refractivity contribution in [2.24, 2.45) is 0 Å². The maximum absolute atomic E-state index is 11.2. The van der Waals surface area contributed by atoms with Crippen molar-refractivity contribution in [2.75, 3.05) is 0 Å². The Morgan fingerprint density at radius 2 is 1.11 bits per heavy atom. The quantitative estimate of drug-likeness (QED) is 0.683. The summed E-state index contributed by atoms with van der Waals surface area (Å²) < 4.78 is 0. The molecule has 0 spiro atoms. The molecular weight excluding hydrogens is 342 g/mol. The fourth-order valence-corrected chi connectivity index (χ4v) is 2.60. The van der Waals surface area contributed by atoms with Gasteiger partial charge in [0.2, 0.25) is 0 Å². The summed E-state index contributed by atoms with van der Waals surface area (Å²) in [7, 11) is 0. The molecule has 1 N–H and O–H groups in total. The Bertz CT molecular complexity index is 964. The number of benzene rings is 2. The van der Waals surface area contributed by atoms with Gasteiger partial charge in [-0.15, -0.1) is 0 Å². The summed E-state index contributed by atoms with van der Waals surface area (Å²) in [6, 6.07) is 12.3. The van der Waals surface area contributed by atoms with E-state index in [1.807, 2.05) is 24.3 Å². The maximum Gasteiger partial charge on any atom is 0.161 e. The molecule has 2 aromatic carbocycles. The summed E-state index contributed by atoms with van der Waals surface area (Å²) in [5.41, 5.74) is 2.97. The summed E-state index contributed by atoms with van der Waals surface area (Å²) >= 11 is 0. The average Bonchev–Trinajstić information content (AvgIpc) is 3.06. The van der Waals surface area contributed by atoms with Crippen molar-refractivity contribution in [1.29, 1.82) is 0 Å². The number of H-pyrrole nitrogens is 1. The van der Waals surface area contributed by atoms with Gasteiger partial charge < -0.3 is 4.98 Å². The standard InChI is InChI=1S/C12H12O3.C10H9NO/c1-7(13)10-4-11(8(2)14)6-12(5-10)9(3)15;1-7(12)9-6-11-10-5-3-2-4-8(9)10/h4-6H,1-3H3;2-6,11H,1H3. The molecule has 3 rings (SSSR count). The Morgan fingerprint density at radius 1 is 0.667 bits per heavy atom. The molecular formula is C22H21NO4. The third-order valence-corrected chi connectivity index (χ3v) is 4.12. The molecule has 1 aromatic heterocycles. The number of ketones is 4. The maximum atomic E-state index is 11.2. The first kappa shape index (κ1) is 20.0. The van der Waals surface area contributed by atoms with Crippen LogP contribution in [-0.2, 0) is 0 Å². The van der Waals surface area contributed by atoms with Gasteiger partial charge in [0.05, 0.1) is 0 Å². The molecule has 0 fully saturated rings. The normalized spacial score (nSPS) is 10.1. The molecule has 0 saturated heterocycles. The highest BCUT2D eigenvalue weighted by Gasteiger charge is 2.10. The van der Waals surface area contributed by atoms with Gasteiger partial charge in [0.1, 0.15) is 0 Å². The lowest BCUT2D eigenvalue weighted by Gasteiger charge is -2.03. The summed E-state index contributed by atoms with van der Waals surface area (Å²) in [4.78, 5) is 47.7. The number of carbonyl (C=O) groups is 4. The monoisotopic (exact) mass is 363 g/mol. The highest BCUT2D eigenvalue weighted by atomic mass is 16.1. The number of hydrogen-bond donors (Lipinski definition) is 1. The van der Waals surface area contributed by atoms with E-state index in [1.54, 1.807) is 13.1 Å². The number of Topliss-reactive ketones (excluding diaryl/α,β-unsaturated/α-hetero) is 4. The SMILES string of the molecule is CC(=O)c1c[nH]c2ccccc12.CC(=O)c1cc(C(C)=O)cc(C(C)=O)c1. The molecule has 0 saturated carbocycles. The minimum Gasteiger partial charge on any atom is -0.360 e. The van der Waals surface area contributed by atoms with Crippen molar-refractivity contribution >= 4 is 34.0 Å². The van der Waals surface area contributed by atoms with Gasteiger partial charge in [0, 0.05) is 39.4 Å². The topological polar surface area (TPSA) is 84.1 Å². The van der Waals surface area contributed by atoms with Crippen LogP contribution < -0.4 is 0 Å². The molecule has 0 amide bonds. The predicted molar refractivity (Wildman–Crippen MR) is 105 cm³/mol. The van der Waals surface area contributed by atoms with Crippen LogP contribution in [0.15, 0.2) is 48.7 Å². The molecule has 5 heteroatoms. The van der Waals surface area contributed by atoms with Crippen molar-refractivity contribution in [2.45, 2.75) is 27.7 Å². The number of para-hydroxylation sites is 1. The van der Waals surface area contributed by atoms with Gasteiger partial charge in [0.15, 0.2) is 23.1 Å². The molecule has 3 aromatic rings. The number of carbonyl (C=O) groups excluding carboxylic acids is 4. The highest BCUT2D eigenvalue weighted by Crippen LogP contribution is 2.17. The Labute approximate surface area is 157 Å². The van der Waals surface area contributed by atoms with Gasteiger partial charge >= 0.3 is 0 Å². The predicted octanol–water partition coefficient (Wildman–Crippen LogP) is 4.66. The van der Waals surface area contributed by atoms with Gasteiger partial charge in [-0.2, -0.15) is 0 Å². The van der Waals surface area contributed by atoms with Crippen LogP contribution in [0, 0.1) is 0 Å². The average molecular weight is 363 g/mol. The van der Waals surface area contributed by atoms with E-state index in [0.717, 1.165) is 16.5 Å². The smallest absolute Gasteiger partial charge is 0.161 e. The zero-order valence-corrected chi connectivity index (χ0v) is 15.8. The number of rotatable bonds is 4. The van der Waals surface area contributed by atoms with Crippen LogP contribution in [-0.4, -0.2) is 28.1 Å². The van der Waals surface area contributed by atoms with E-state index in [4.69, 9.17) is 0 Å². The van der Waals surface area contributed by atoms with Crippen LogP contribution in [0.3, 0.4) is 0 Å². The van der Waals surface area contributed by atoms with Gasteiger partial charge in [-0.3, -0.25) is 19.2 Å². The Morgan fingerprint density at radius 3 is 1.52 bits per heavy atom. The number of nitrogens with one attached hydrogen (secondary N) is 1. The molecule has 0 radical (unpaired) electrons. The van der Waals surface area contributed by atoms with Crippen molar-refractivity contribution in [3.05, 3.63) is 70.9 Å². The number of aromatic nitrogens is 1. The van der Waals surface area contributed by atoms with E-state index in [0.29, 0.717) is 16.7 Å². The van der Waals surface area contributed by atoms with Crippen LogP contribution >= 0.6 is 0 Å². The third-order valence-electron chi connectivity index (χ3n) is 4.12. The number of hydrogen-bond acceptors (Lipinski definition) is 4. The summed E-state index contributed by atoms with van der Waals surface area (Å²) in [5, 5.41) is 1.00. The van der Waals surface area contributed by atoms with E-state index in [-0.39, 0.29) is 23.1 Å². The summed E-state index contributed by atoms with van der Waals surface area (Å²) in [6.07, 6.45) is 1.76. The summed E-state index contributed by atoms with van der Waals surface area (Å²) in [6.45, 7) is 5.80. The van der Waals surface area contributed by atoms with Gasteiger partial charge in [0.25, 0.3) is 0 Å². The lowest BCUT2D eigenvalue weighted by atomic mass is 10.00. The van der Waals surface area contributed by atoms with Crippen LogP contribution in [0.1, 0.15) is 69.1 Å².